The van der Waals surface area contributed by atoms with Crippen molar-refractivity contribution in [3.8, 4) is 0 Å². The van der Waals surface area contributed by atoms with Crippen LogP contribution in [0.4, 0.5) is 5.82 Å². The molecule has 0 radical (unpaired) electrons. The highest BCUT2D eigenvalue weighted by Gasteiger charge is 2.22. The first-order valence-electron chi connectivity index (χ1n) is 7.48. The molecule has 1 aromatic heterocycles. The first kappa shape index (κ1) is 14.6. The minimum Gasteiger partial charge on any atom is -0.352 e. The van der Waals surface area contributed by atoms with Gasteiger partial charge in [-0.2, -0.15) is 0 Å². The van der Waals surface area contributed by atoms with E-state index in [9.17, 15) is 0 Å². The summed E-state index contributed by atoms with van der Waals surface area (Å²) in [6, 6.07) is 2.75. The minimum atomic E-state index is 0.608. The van der Waals surface area contributed by atoms with Crippen molar-refractivity contribution in [1.82, 2.24) is 9.97 Å². The minimum absolute atomic E-state index is 0.608. The Balaban J connectivity index is 2.14. The first-order chi connectivity index (χ1) is 9.35. The summed E-state index contributed by atoms with van der Waals surface area (Å²) >= 11 is 5.98. The van der Waals surface area contributed by atoms with Gasteiger partial charge in [-0.05, 0) is 19.3 Å². The van der Waals surface area contributed by atoms with Crippen LogP contribution in [0.3, 0.4) is 0 Å². The highest BCUT2D eigenvalue weighted by molar-refractivity contribution is 6.18. The summed E-state index contributed by atoms with van der Waals surface area (Å²) in [7, 11) is 0. The molecule has 1 aromatic rings. The summed E-state index contributed by atoms with van der Waals surface area (Å²) in [6.45, 7) is 3.06. The Bertz CT molecular complexity index is 377. The van der Waals surface area contributed by atoms with Crippen LogP contribution in [-0.4, -0.2) is 28.4 Å². The molecule has 0 atom stereocenters. The fourth-order valence-electron chi connectivity index (χ4n) is 2.90. The second-order valence-electron chi connectivity index (χ2n) is 5.29. The van der Waals surface area contributed by atoms with Crippen molar-refractivity contribution >= 4 is 17.4 Å². The summed E-state index contributed by atoms with van der Waals surface area (Å²) < 4.78 is 0. The van der Waals surface area contributed by atoms with E-state index in [1.54, 1.807) is 6.33 Å². The van der Waals surface area contributed by atoms with Crippen LogP contribution in [0.15, 0.2) is 12.4 Å². The quantitative estimate of drug-likeness (QED) is 0.743. The molecular weight excluding hydrogens is 258 g/mol. The lowest BCUT2D eigenvalue weighted by molar-refractivity contribution is 0.416. The Hall–Kier alpha value is -0.830. The third-order valence-corrected chi connectivity index (χ3v) is 4.02. The van der Waals surface area contributed by atoms with Crippen LogP contribution in [0.25, 0.3) is 0 Å². The van der Waals surface area contributed by atoms with Crippen LogP contribution >= 0.6 is 11.6 Å². The average Bonchev–Trinajstić information content (AvgIpc) is 2.46. The molecule has 19 heavy (non-hydrogen) atoms. The van der Waals surface area contributed by atoms with E-state index in [0.717, 1.165) is 30.9 Å². The third-order valence-electron chi connectivity index (χ3n) is 3.85. The molecule has 0 unspecified atom stereocenters. The van der Waals surface area contributed by atoms with Crippen molar-refractivity contribution in [2.75, 3.05) is 17.3 Å². The number of halogens is 1. The van der Waals surface area contributed by atoms with Gasteiger partial charge in [-0.15, -0.1) is 11.6 Å². The Morgan fingerprint density at radius 3 is 2.74 bits per heavy atom. The SMILES string of the molecule is CCCc1cc(N(CCCl)C2CCCCC2)ncn1. The van der Waals surface area contributed by atoms with E-state index in [0.29, 0.717) is 11.9 Å². The van der Waals surface area contributed by atoms with E-state index < -0.39 is 0 Å². The number of hydrogen-bond acceptors (Lipinski definition) is 3. The number of aryl methyl sites for hydroxylation is 1. The van der Waals surface area contributed by atoms with Crippen LogP contribution in [0.1, 0.15) is 51.1 Å². The third kappa shape index (κ3) is 4.07. The number of rotatable bonds is 6. The maximum absolute atomic E-state index is 5.98. The zero-order valence-electron chi connectivity index (χ0n) is 11.8. The Morgan fingerprint density at radius 2 is 2.05 bits per heavy atom. The van der Waals surface area contributed by atoms with Gasteiger partial charge in [0.05, 0.1) is 0 Å². The van der Waals surface area contributed by atoms with Gasteiger partial charge in [0.1, 0.15) is 12.1 Å². The molecule has 1 aliphatic rings. The van der Waals surface area contributed by atoms with E-state index >= 15 is 0 Å². The fourth-order valence-corrected chi connectivity index (χ4v) is 3.09. The predicted molar refractivity (Wildman–Crippen MR) is 81.0 cm³/mol. The van der Waals surface area contributed by atoms with Gasteiger partial charge in [0.15, 0.2) is 0 Å². The maximum atomic E-state index is 5.98. The molecule has 1 saturated carbocycles. The van der Waals surface area contributed by atoms with E-state index in [1.165, 1.54) is 32.1 Å². The number of alkyl halides is 1. The van der Waals surface area contributed by atoms with Gasteiger partial charge < -0.3 is 4.90 Å². The van der Waals surface area contributed by atoms with Crippen LogP contribution < -0.4 is 4.90 Å². The van der Waals surface area contributed by atoms with Crippen molar-refractivity contribution in [2.24, 2.45) is 0 Å². The molecule has 106 valence electrons. The molecule has 1 fully saturated rings. The van der Waals surface area contributed by atoms with Crippen molar-refractivity contribution in [3.63, 3.8) is 0 Å². The van der Waals surface area contributed by atoms with Crippen molar-refractivity contribution in [3.05, 3.63) is 18.1 Å². The Morgan fingerprint density at radius 1 is 1.26 bits per heavy atom. The first-order valence-corrected chi connectivity index (χ1v) is 8.02. The molecule has 3 nitrogen and oxygen atoms in total. The molecule has 1 heterocycles. The topological polar surface area (TPSA) is 29.0 Å². The molecular formula is C15H24ClN3. The summed E-state index contributed by atoms with van der Waals surface area (Å²) in [4.78, 5) is 11.2. The number of aromatic nitrogens is 2. The van der Waals surface area contributed by atoms with Crippen molar-refractivity contribution in [1.29, 1.82) is 0 Å². The van der Waals surface area contributed by atoms with Gasteiger partial charge in [0, 0.05) is 30.2 Å². The van der Waals surface area contributed by atoms with Gasteiger partial charge in [0.2, 0.25) is 0 Å². The van der Waals surface area contributed by atoms with Gasteiger partial charge in [-0.3, -0.25) is 0 Å². The molecule has 2 rings (SSSR count). The summed E-state index contributed by atoms with van der Waals surface area (Å²) in [5, 5.41) is 0. The van der Waals surface area contributed by atoms with Gasteiger partial charge in [-0.1, -0.05) is 32.6 Å². The molecule has 0 N–H and O–H groups in total. The highest BCUT2D eigenvalue weighted by atomic mass is 35.5. The van der Waals surface area contributed by atoms with E-state index in [2.05, 4.69) is 27.9 Å². The molecule has 0 spiro atoms. The van der Waals surface area contributed by atoms with E-state index in [4.69, 9.17) is 11.6 Å². The number of nitrogens with zero attached hydrogens (tertiary/aromatic N) is 3. The van der Waals surface area contributed by atoms with Crippen LogP contribution in [0.5, 0.6) is 0 Å². The molecule has 0 bridgehead atoms. The normalized spacial score (nSPS) is 16.5. The molecule has 4 heteroatoms. The molecule has 0 amide bonds. The highest BCUT2D eigenvalue weighted by Crippen LogP contribution is 2.26. The van der Waals surface area contributed by atoms with Crippen molar-refractivity contribution in [2.45, 2.75) is 57.9 Å². The Kier molecular flexibility index (Phi) is 5.90. The standard InChI is InChI=1S/C15H24ClN3/c1-2-6-13-11-15(18-12-17-13)19(10-9-16)14-7-4-3-5-8-14/h11-12,14H,2-10H2,1H3. The van der Waals surface area contributed by atoms with E-state index in [-0.39, 0.29) is 0 Å². The van der Waals surface area contributed by atoms with Crippen molar-refractivity contribution < 1.29 is 0 Å². The molecule has 0 aromatic carbocycles. The molecule has 0 saturated heterocycles. The number of anilines is 1. The van der Waals surface area contributed by atoms with Gasteiger partial charge in [0.25, 0.3) is 0 Å². The summed E-state index contributed by atoms with van der Waals surface area (Å²) in [5.41, 5.74) is 1.14. The average molecular weight is 282 g/mol. The lowest BCUT2D eigenvalue weighted by Crippen LogP contribution is -2.38. The maximum Gasteiger partial charge on any atom is 0.132 e. The van der Waals surface area contributed by atoms with E-state index in [1.807, 2.05) is 0 Å². The fraction of sp³-hybridized carbons (Fsp3) is 0.733. The largest absolute Gasteiger partial charge is 0.352 e. The smallest absolute Gasteiger partial charge is 0.132 e. The van der Waals surface area contributed by atoms with Crippen LogP contribution in [0.2, 0.25) is 0 Å². The zero-order valence-corrected chi connectivity index (χ0v) is 12.6. The second-order valence-corrected chi connectivity index (χ2v) is 5.67. The zero-order chi connectivity index (χ0) is 13.5. The Labute approximate surface area is 121 Å². The summed E-state index contributed by atoms with van der Waals surface area (Å²) in [6.07, 6.45) is 10.4. The van der Waals surface area contributed by atoms with Crippen LogP contribution in [0, 0.1) is 0 Å². The lowest BCUT2D eigenvalue weighted by Gasteiger charge is -2.35. The van der Waals surface area contributed by atoms with Gasteiger partial charge in [-0.25, -0.2) is 9.97 Å². The summed E-state index contributed by atoms with van der Waals surface area (Å²) in [5.74, 6) is 1.72. The monoisotopic (exact) mass is 281 g/mol. The van der Waals surface area contributed by atoms with Crippen LogP contribution in [-0.2, 0) is 6.42 Å². The molecule has 0 aliphatic heterocycles. The number of hydrogen-bond donors (Lipinski definition) is 0. The molecule has 1 aliphatic carbocycles. The lowest BCUT2D eigenvalue weighted by atomic mass is 9.94. The predicted octanol–water partition coefficient (Wildman–Crippen LogP) is 3.81. The second kappa shape index (κ2) is 7.68. The van der Waals surface area contributed by atoms with Gasteiger partial charge >= 0.3 is 0 Å².